The molecule has 4 heteroatoms. The van der Waals surface area contributed by atoms with Gasteiger partial charge in [-0.2, -0.15) is 0 Å². The number of thiophene rings is 2. The van der Waals surface area contributed by atoms with Gasteiger partial charge in [0.25, 0.3) is 0 Å². The van der Waals surface area contributed by atoms with Gasteiger partial charge in [0.15, 0.2) is 0 Å². The Kier molecular flexibility index (Phi) is 15.6. The molecule has 1 unspecified atom stereocenters. The Morgan fingerprint density at radius 3 is 1.04 bits per heavy atom. The van der Waals surface area contributed by atoms with Crippen molar-refractivity contribution in [3.05, 3.63) is 311 Å². The van der Waals surface area contributed by atoms with E-state index in [9.17, 15) is 0 Å². The highest BCUT2D eigenvalue weighted by Crippen LogP contribution is 2.66. The Morgan fingerprint density at radius 1 is 0.252 bits per heavy atom. The second kappa shape index (κ2) is 24.3. The monoisotopic (exact) mass is 1370 g/mol. The first-order chi connectivity index (χ1) is 49.2. The summed E-state index contributed by atoms with van der Waals surface area (Å²) in [6, 6.07) is 104. The van der Waals surface area contributed by atoms with Crippen LogP contribution in [0.4, 0.5) is 34.1 Å². The van der Waals surface area contributed by atoms with Gasteiger partial charge < -0.3 is 9.80 Å². The van der Waals surface area contributed by atoms with Crippen molar-refractivity contribution in [2.24, 2.45) is 0 Å². The van der Waals surface area contributed by atoms with Crippen molar-refractivity contribution in [1.82, 2.24) is 0 Å². The molecule has 508 valence electrons. The van der Waals surface area contributed by atoms with Crippen LogP contribution in [-0.4, -0.2) is 0 Å². The zero-order valence-electron chi connectivity index (χ0n) is 62.2. The van der Waals surface area contributed by atoms with Gasteiger partial charge in [-0.15, -0.1) is 22.7 Å². The molecule has 2 aliphatic heterocycles. The minimum Gasteiger partial charge on any atom is -0.308 e. The third kappa shape index (κ3) is 11.3. The zero-order valence-corrected chi connectivity index (χ0v) is 63.8. The molecular weight excluding hydrogens is 1280 g/mol. The molecule has 17 rings (SSSR count). The summed E-state index contributed by atoms with van der Waals surface area (Å²) in [5, 5.41) is 5.07. The molecule has 2 aromatic heterocycles. The smallest absolute Gasteiger partial charge is 0.0625 e. The molecule has 0 radical (unpaired) electrons. The second-order valence-electron chi connectivity index (χ2n) is 34.1. The Morgan fingerprint density at radius 2 is 0.621 bits per heavy atom. The lowest BCUT2D eigenvalue weighted by atomic mass is 9.72. The van der Waals surface area contributed by atoms with Crippen molar-refractivity contribution in [2.75, 3.05) is 9.80 Å². The van der Waals surface area contributed by atoms with E-state index in [2.05, 4.69) is 381 Å². The van der Waals surface area contributed by atoms with E-state index in [0.29, 0.717) is 0 Å². The van der Waals surface area contributed by atoms with Crippen LogP contribution in [-0.2, 0) is 27.1 Å². The number of hydrogen-bond donors (Lipinski definition) is 0. The predicted octanol–water partition coefficient (Wildman–Crippen LogP) is 29.7. The van der Waals surface area contributed by atoms with Crippen LogP contribution in [0.3, 0.4) is 0 Å². The molecule has 0 saturated heterocycles. The van der Waals surface area contributed by atoms with E-state index in [-0.39, 0.29) is 33.0 Å². The van der Waals surface area contributed by atoms with Crippen molar-refractivity contribution in [2.45, 2.75) is 137 Å². The lowest BCUT2D eigenvalue weighted by Crippen LogP contribution is -2.30. The molecule has 13 aromatic carbocycles. The average molecular weight is 1370 g/mol. The van der Waals surface area contributed by atoms with Gasteiger partial charge >= 0.3 is 0 Å². The fourth-order valence-corrected chi connectivity index (χ4v) is 18.6. The van der Waals surface area contributed by atoms with Crippen LogP contribution < -0.4 is 9.80 Å². The summed E-state index contributed by atoms with van der Waals surface area (Å²) in [6.07, 6.45) is 0. The molecule has 15 aromatic rings. The molecule has 2 aliphatic rings. The van der Waals surface area contributed by atoms with Crippen molar-refractivity contribution < 1.29 is 0 Å². The van der Waals surface area contributed by atoms with Gasteiger partial charge in [-0.05, 0) is 165 Å². The molecule has 0 spiro atoms. The highest BCUT2D eigenvalue weighted by Gasteiger charge is 2.45. The maximum absolute atomic E-state index is 2.79. The molecule has 0 N–H and O–H groups in total. The SMILES string of the molecule is CC(C)(C)c1cc(-c2ccc3c(c2)C2c4ccc(C(C)(C)C)cc4N(c4c(-c5ccccc5)cc5sc6ccccc6c5c4-c4ccccc4)c4cc(-c5cc(C(C)(C)C)cc(C(C)(C)C)c5)cc(c42)N3c2c(-c3ccccc3)cc3sc4ccccc4c3c2-c2ccccc2)cc(C(C)(C)C)c1. The average Bonchev–Trinajstić information content (AvgIpc) is 1.22. The summed E-state index contributed by atoms with van der Waals surface area (Å²) in [4.78, 5) is 5.57. The van der Waals surface area contributed by atoms with Gasteiger partial charge in [0.05, 0.1) is 34.1 Å². The highest BCUT2D eigenvalue weighted by atomic mass is 32.1. The molecule has 1 atom stereocenters. The molecule has 4 heterocycles. The largest absolute Gasteiger partial charge is 0.308 e. The number of anilines is 6. The zero-order chi connectivity index (χ0) is 71.4. The van der Waals surface area contributed by atoms with E-state index < -0.39 is 0 Å². The summed E-state index contributed by atoms with van der Waals surface area (Å²) in [6.45, 7) is 35.6. The van der Waals surface area contributed by atoms with Crippen LogP contribution in [0.25, 0.3) is 107 Å². The van der Waals surface area contributed by atoms with Crippen LogP contribution >= 0.6 is 22.7 Å². The van der Waals surface area contributed by atoms with Gasteiger partial charge in [-0.3, -0.25) is 0 Å². The van der Waals surface area contributed by atoms with Crippen LogP contribution in [0.5, 0.6) is 0 Å². The predicted molar refractivity (Wildman–Crippen MR) is 449 cm³/mol. The van der Waals surface area contributed by atoms with Crippen molar-refractivity contribution >= 4 is 97.1 Å². The fraction of sp³-hybridized carbons (Fsp3) is 0.212. The first kappa shape index (κ1) is 66.2. The van der Waals surface area contributed by atoms with E-state index in [0.717, 1.165) is 22.6 Å². The van der Waals surface area contributed by atoms with Gasteiger partial charge in [-0.25, -0.2) is 0 Å². The first-order valence-electron chi connectivity index (χ1n) is 36.8. The van der Waals surface area contributed by atoms with E-state index in [1.165, 1.54) is 163 Å². The molecule has 0 amide bonds. The fourth-order valence-electron chi connectivity index (χ4n) is 16.3. The number of rotatable bonds is 8. The molecule has 0 fully saturated rings. The Labute approximate surface area is 617 Å². The topological polar surface area (TPSA) is 6.48 Å². The van der Waals surface area contributed by atoms with E-state index >= 15 is 0 Å². The van der Waals surface area contributed by atoms with Gasteiger partial charge in [0, 0.05) is 74.1 Å². The molecule has 0 aliphatic carbocycles. The van der Waals surface area contributed by atoms with Gasteiger partial charge in [0.2, 0.25) is 0 Å². The van der Waals surface area contributed by atoms with E-state index in [4.69, 9.17) is 0 Å². The molecule has 0 bridgehead atoms. The number of benzene rings is 13. The lowest BCUT2D eigenvalue weighted by Gasteiger charge is -2.47. The van der Waals surface area contributed by atoms with Gasteiger partial charge in [-0.1, -0.05) is 316 Å². The van der Waals surface area contributed by atoms with Gasteiger partial charge in [0.1, 0.15) is 0 Å². The third-order valence-corrected chi connectivity index (χ3v) is 24.2. The standard InChI is InChI=1S/C99H90N2S2/c1-95(2,3)68-45-46-73-80(57-68)101(94-77(61-34-22-17-23-35-61)59-86-91(75-41-29-31-43-84(75)103-86)88(94)63-38-26-19-27-39-63)82-54-67(66-50-71(98(10,11)12)56-72(51-66)99(13,14)15)53-81-92(82)89(73)78-52-64(65-48-69(96(4,5)6)55-70(49-65)97(7,8)9)44-47-79(78)100(81)93-76(60-32-20-16-21-33-60)58-85-90(74-40-28-30-42-83(74)102-85)87(93)62-36-24-18-25-37-62/h16-59,89H,1-15H3. The summed E-state index contributed by atoms with van der Waals surface area (Å²) >= 11 is 3.81. The first-order valence-corrected chi connectivity index (χ1v) is 38.5. The molecule has 0 saturated carbocycles. The Balaban J connectivity index is 1.12. The van der Waals surface area contributed by atoms with E-state index in [1.807, 2.05) is 22.7 Å². The third-order valence-electron chi connectivity index (χ3n) is 22.0. The summed E-state index contributed by atoms with van der Waals surface area (Å²) in [5.74, 6) is -0.235. The quantitative estimate of drug-likeness (QED) is 0.150. The molecular formula is C99H90N2S2. The Hall–Kier alpha value is -10.1. The maximum atomic E-state index is 2.79. The van der Waals surface area contributed by atoms with Crippen molar-refractivity contribution in [1.29, 1.82) is 0 Å². The number of nitrogens with zero attached hydrogens (tertiary/aromatic N) is 2. The molecule has 103 heavy (non-hydrogen) atoms. The van der Waals surface area contributed by atoms with Crippen molar-refractivity contribution in [3.8, 4) is 66.8 Å². The van der Waals surface area contributed by atoms with E-state index in [1.54, 1.807) is 0 Å². The summed E-state index contributed by atoms with van der Waals surface area (Å²) < 4.78 is 5.08. The summed E-state index contributed by atoms with van der Waals surface area (Å²) in [7, 11) is 0. The normalized spacial score (nSPS) is 14.0. The minimum absolute atomic E-state index is 0.0924. The maximum Gasteiger partial charge on any atom is 0.0625 e. The number of fused-ring (bicyclic) bond motifs is 10. The van der Waals surface area contributed by atoms with Crippen LogP contribution in [0.1, 0.15) is 154 Å². The number of hydrogen-bond acceptors (Lipinski definition) is 4. The second-order valence-corrected chi connectivity index (χ2v) is 36.3. The Bertz CT molecular complexity index is 5810. The molecule has 2 nitrogen and oxygen atoms in total. The lowest BCUT2D eigenvalue weighted by molar-refractivity contribution is 0.568. The van der Waals surface area contributed by atoms with Crippen LogP contribution in [0.15, 0.2) is 267 Å². The summed E-state index contributed by atoms with van der Waals surface area (Å²) in [5.41, 5.74) is 31.0. The highest BCUT2D eigenvalue weighted by molar-refractivity contribution is 7.26. The van der Waals surface area contributed by atoms with Crippen LogP contribution in [0, 0.1) is 0 Å². The minimum atomic E-state index is -0.235. The van der Waals surface area contributed by atoms with Crippen LogP contribution in [0.2, 0.25) is 0 Å². The van der Waals surface area contributed by atoms with Crippen molar-refractivity contribution in [3.63, 3.8) is 0 Å².